The Balaban J connectivity index is 2.51. The Labute approximate surface area is 115 Å². The Morgan fingerprint density at radius 1 is 1.58 bits per heavy atom. The number of aromatic nitrogens is 1. The summed E-state index contributed by atoms with van der Waals surface area (Å²) in [5.41, 5.74) is 0. The first kappa shape index (κ1) is 16.0. The van der Waals surface area contributed by atoms with Crippen molar-refractivity contribution in [1.82, 2.24) is 4.98 Å². The lowest BCUT2D eigenvalue weighted by Gasteiger charge is -2.04. The molecular weight excluding hydrogens is 301 g/mol. The van der Waals surface area contributed by atoms with Crippen LogP contribution in [-0.4, -0.2) is 28.6 Å². The van der Waals surface area contributed by atoms with Crippen molar-refractivity contribution in [3.63, 3.8) is 0 Å². The van der Waals surface area contributed by atoms with Crippen LogP contribution >= 0.6 is 11.3 Å². The zero-order valence-corrected chi connectivity index (χ0v) is 11.6. The smallest absolute Gasteiger partial charge is 0.301 e. The minimum Gasteiger partial charge on any atom is -0.610 e. The Bertz CT molecular complexity index is 461. The SMILES string of the molecule is CON=CCc1cnc([S@@+]([O-])CCC(F)=C(F)F)s1. The molecule has 0 saturated carbocycles. The van der Waals surface area contributed by atoms with Crippen LogP contribution in [0.15, 0.2) is 27.6 Å². The molecule has 1 rings (SSSR count). The molecular formula is C10H11F3N2O2S2. The normalized spacial score (nSPS) is 12.7. The van der Waals surface area contributed by atoms with E-state index in [1.807, 2.05) is 0 Å². The molecule has 1 atom stereocenters. The second-order valence-electron chi connectivity index (χ2n) is 3.23. The van der Waals surface area contributed by atoms with E-state index in [1.54, 1.807) is 0 Å². The highest BCUT2D eigenvalue weighted by molar-refractivity contribution is 7.93. The summed E-state index contributed by atoms with van der Waals surface area (Å²) < 4.78 is 48.2. The van der Waals surface area contributed by atoms with Crippen molar-refractivity contribution in [3.8, 4) is 0 Å². The Hall–Kier alpha value is -1.06. The molecule has 1 aromatic rings. The first-order valence-corrected chi connectivity index (χ1v) is 7.25. The molecule has 0 unspecified atom stereocenters. The van der Waals surface area contributed by atoms with Gasteiger partial charge in [0.25, 0.3) is 0 Å². The number of halogens is 3. The van der Waals surface area contributed by atoms with Gasteiger partial charge in [0.05, 0.1) is 6.42 Å². The summed E-state index contributed by atoms with van der Waals surface area (Å²) in [7, 11) is 1.41. The van der Waals surface area contributed by atoms with Crippen LogP contribution in [0, 0.1) is 0 Å². The standard InChI is InChI=1S/C10H11F3N2O2S2/c1-17-15-4-2-7-6-14-10(18-7)19(16)5-3-8(11)9(12)13/h4,6H,2-3,5H2,1H3/t19-/m0/s1. The second kappa shape index (κ2) is 8.18. The monoisotopic (exact) mass is 312 g/mol. The van der Waals surface area contributed by atoms with Gasteiger partial charge in [0.1, 0.15) is 12.9 Å². The molecule has 0 aliphatic heterocycles. The summed E-state index contributed by atoms with van der Waals surface area (Å²) in [5, 5.41) is 3.54. The third kappa shape index (κ3) is 5.62. The first-order valence-electron chi connectivity index (χ1n) is 5.12. The van der Waals surface area contributed by atoms with Crippen molar-refractivity contribution in [3.05, 3.63) is 23.0 Å². The van der Waals surface area contributed by atoms with Crippen LogP contribution in [0.5, 0.6) is 0 Å². The van der Waals surface area contributed by atoms with Crippen LogP contribution in [0.3, 0.4) is 0 Å². The Morgan fingerprint density at radius 3 is 2.95 bits per heavy atom. The molecule has 0 fully saturated rings. The fraction of sp³-hybridized carbons (Fsp3) is 0.400. The van der Waals surface area contributed by atoms with E-state index >= 15 is 0 Å². The molecule has 19 heavy (non-hydrogen) atoms. The van der Waals surface area contributed by atoms with Gasteiger partial charge in [-0.05, 0) is 0 Å². The summed E-state index contributed by atoms with van der Waals surface area (Å²) in [6.45, 7) is 0. The molecule has 0 bridgehead atoms. The quantitative estimate of drug-likeness (QED) is 0.442. The van der Waals surface area contributed by atoms with Crippen LogP contribution in [0.1, 0.15) is 11.3 Å². The molecule has 0 aliphatic rings. The van der Waals surface area contributed by atoms with Crippen molar-refractivity contribution in [2.45, 2.75) is 17.2 Å². The number of nitrogens with zero attached hydrogens (tertiary/aromatic N) is 2. The van der Waals surface area contributed by atoms with Crippen molar-refractivity contribution < 1.29 is 22.6 Å². The van der Waals surface area contributed by atoms with Gasteiger partial charge in [0, 0.05) is 34.9 Å². The van der Waals surface area contributed by atoms with E-state index in [0.29, 0.717) is 6.42 Å². The van der Waals surface area contributed by atoms with Crippen molar-refractivity contribution in [2.24, 2.45) is 5.16 Å². The molecule has 1 heterocycles. The van der Waals surface area contributed by atoms with Gasteiger partial charge in [0.15, 0.2) is 5.83 Å². The van der Waals surface area contributed by atoms with E-state index in [9.17, 15) is 17.7 Å². The van der Waals surface area contributed by atoms with Crippen LogP contribution in [0.2, 0.25) is 0 Å². The van der Waals surface area contributed by atoms with Crippen LogP contribution < -0.4 is 0 Å². The predicted octanol–water partition coefficient (Wildman–Crippen LogP) is 2.89. The highest BCUT2D eigenvalue weighted by Crippen LogP contribution is 2.22. The lowest BCUT2D eigenvalue weighted by atomic mass is 10.4. The summed E-state index contributed by atoms with van der Waals surface area (Å²) in [6, 6.07) is 0. The summed E-state index contributed by atoms with van der Waals surface area (Å²) in [6.07, 6.45) is 0.570. The van der Waals surface area contributed by atoms with E-state index in [2.05, 4.69) is 15.0 Å². The molecule has 0 radical (unpaired) electrons. The number of rotatable bonds is 7. The van der Waals surface area contributed by atoms with Gasteiger partial charge in [-0.3, -0.25) is 0 Å². The lowest BCUT2D eigenvalue weighted by Crippen LogP contribution is -2.06. The van der Waals surface area contributed by atoms with E-state index in [-0.39, 0.29) is 10.1 Å². The molecule has 0 aromatic carbocycles. The highest BCUT2D eigenvalue weighted by Gasteiger charge is 2.18. The zero-order valence-electron chi connectivity index (χ0n) is 9.94. The van der Waals surface area contributed by atoms with Crippen LogP contribution in [-0.2, 0) is 22.4 Å². The zero-order chi connectivity index (χ0) is 14.3. The molecule has 0 N–H and O–H groups in total. The van der Waals surface area contributed by atoms with E-state index in [1.165, 1.54) is 30.9 Å². The Morgan fingerprint density at radius 2 is 2.32 bits per heavy atom. The maximum atomic E-state index is 12.6. The van der Waals surface area contributed by atoms with E-state index in [4.69, 9.17) is 0 Å². The first-order chi connectivity index (χ1) is 9.04. The second-order valence-corrected chi connectivity index (χ2v) is 6.09. The fourth-order valence-corrected chi connectivity index (χ4v) is 3.30. The Kier molecular flexibility index (Phi) is 6.89. The molecule has 106 valence electrons. The van der Waals surface area contributed by atoms with Gasteiger partial charge in [-0.25, -0.2) is 4.39 Å². The average molecular weight is 312 g/mol. The number of hydrogen-bond acceptors (Lipinski definition) is 5. The maximum absolute atomic E-state index is 12.6. The lowest BCUT2D eigenvalue weighted by molar-refractivity contribution is 0.215. The fourth-order valence-electron chi connectivity index (χ4n) is 1.06. The van der Waals surface area contributed by atoms with Crippen LogP contribution in [0.4, 0.5) is 13.2 Å². The van der Waals surface area contributed by atoms with Gasteiger partial charge >= 0.3 is 10.4 Å². The molecule has 9 heteroatoms. The van der Waals surface area contributed by atoms with Gasteiger partial charge < -0.3 is 9.39 Å². The van der Waals surface area contributed by atoms with Gasteiger partial charge in [-0.2, -0.15) is 13.8 Å². The maximum Gasteiger partial charge on any atom is 0.301 e. The van der Waals surface area contributed by atoms with Gasteiger partial charge in [-0.15, -0.1) is 0 Å². The van der Waals surface area contributed by atoms with Crippen LogP contribution in [0.25, 0.3) is 0 Å². The average Bonchev–Trinajstić information content (AvgIpc) is 2.84. The number of hydrogen-bond donors (Lipinski definition) is 0. The topological polar surface area (TPSA) is 57.5 Å². The largest absolute Gasteiger partial charge is 0.610 e. The third-order valence-corrected chi connectivity index (χ3v) is 4.60. The number of allylic oxidation sites excluding steroid dienone is 1. The summed E-state index contributed by atoms with van der Waals surface area (Å²) in [4.78, 5) is 9.19. The minimum absolute atomic E-state index is 0.220. The molecule has 4 nitrogen and oxygen atoms in total. The van der Waals surface area contributed by atoms with E-state index in [0.717, 1.165) is 4.88 Å². The molecule has 0 aliphatic carbocycles. The summed E-state index contributed by atoms with van der Waals surface area (Å²) >= 11 is -0.415. The molecule has 0 spiro atoms. The highest BCUT2D eigenvalue weighted by atomic mass is 32.2. The molecule has 1 aromatic heterocycles. The summed E-state index contributed by atoms with van der Waals surface area (Å²) in [5.74, 6) is -1.75. The van der Waals surface area contributed by atoms with Crippen molar-refractivity contribution >= 4 is 28.7 Å². The number of oxime groups is 1. The van der Waals surface area contributed by atoms with Gasteiger partial charge in [-0.1, -0.05) is 16.5 Å². The van der Waals surface area contributed by atoms with E-state index < -0.39 is 29.5 Å². The molecule has 0 amide bonds. The third-order valence-electron chi connectivity index (χ3n) is 1.91. The molecule has 0 saturated heterocycles. The van der Waals surface area contributed by atoms with Gasteiger partial charge in [0.2, 0.25) is 0 Å². The predicted molar refractivity (Wildman–Crippen MR) is 67.6 cm³/mol. The number of thiazole rings is 1. The van der Waals surface area contributed by atoms with Crippen molar-refractivity contribution in [2.75, 3.05) is 12.9 Å². The van der Waals surface area contributed by atoms with Crippen molar-refractivity contribution in [1.29, 1.82) is 0 Å². The minimum atomic E-state index is -2.37.